The van der Waals surface area contributed by atoms with E-state index < -0.39 is 0 Å². The van der Waals surface area contributed by atoms with Gasteiger partial charge >= 0.3 is 11.8 Å². The summed E-state index contributed by atoms with van der Waals surface area (Å²) in [6, 6.07) is 0. The first-order valence-electron chi connectivity index (χ1n) is 2.50. The fraction of sp³-hybridized carbons (Fsp3) is 0. The molecule has 0 aliphatic carbocycles. The average molecular weight is 157 g/mol. The molecule has 1 N–H and O–H groups in total. The predicted octanol–water partition coefficient (Wildman–Crippen LogP) is -1.12. The maximum absolute atomic E-state index is 9.78. The van der Waals surface area contributed by atoms with Gasteiger partial charge in [-0.05, 0) is 0 Å². The van der Waals surface area contributed by atoms with E-state index in [1.807, 2.05) is 0 Å². The monoisotopic (exact) mass is 157 g/mol. The molecule has 58 valence electrons. The van der Waals surface area contributed by atoms with E-state index in [-0.39, 0.29) is 24.7 Å². The van der Waals surface area contributed by atoms with Crippen LogP contribution in [-0.2, 0) is 9.59 Å². The van der Waals surface area contributed by atoms with E-state index in [2.05, 4.69) is 24.9 Å². The van der Waals surface area contributed by atoms with Crippen molar-refractivity contribution in [1.82, 2.24) is 15.4 Å². The number of carbonyl (C=O) groups is 2. The summed E-state index contributed by atoms with van der Waals surface area (Å²) in [6.45, 7) is 0.297. The highest BCUT2D eigenvalue weighted by molar-refractivity contribution is 5.49. The van der Waals surface area contributed by atoms with Crippen molar-refractivity contribution in [3.05, 3.63) is 0 Å². The molecule has 1 heterocycles. The van der Waals surface area contributed by atoms with Crippen molar-refractivity contribution in [2.24, 2.45) is 0 Å². The Labute approximate surface area is 60.3 Å². The van der Waals surface area contributed by atoms with Gasteiger partial charge in [-0.25, -0.2) is 0 Å². The van der Waals surface area contributed by atoms with Crippen LogP contribution in [-0.4, -0.2) is 28.4 Å². The molecular weight excluding hydrogens is 154 g/mol. The highest BCUT2D eigenvalue weighted by Gasteiger charge is 2.08. The Morgan fingerprint density at radius 2 is 1.55 bits per heavy atom. The van der Waals surface area contributed by atoms with Crippen LogP contribution in [0.5, 0.6) is 11.8 Å². The Balaban J connectivity index is 2.76. The number of ether oxygens (including phenoxy) is 2. The lowest BCUT2D eigenvalue weighted by Gasteiger charge is -1.90. The third kappa shape index (κ3) is 1.51. The van der Waals surface area contributed by atoms with E-state index in [0.29, 0.717) is 0 Å². The molecule has 0 spiro atoms. The van der Waals surface area contributed by atoms with Crippen molar-refractivity contribution in [2.45, 2.75) is 0 Å². The second kappa shape index (κ2) is 3.30. The molecule has 0 saturated carbocycles. The Morgan fingerprint density at radius 3 is 1.91 bits per heavy atom. The van der Waals surface area contributed by atoms with Crippen LogP contribution >= 0.6 is 0 Å². The van der Waals surface area contributed by atoms with Crippen molar-refractivity contribution in [1.29, 1.82) is 0 Å². The number of carbonyl (C=O) groups excluding carboxylic acids is 2. The first-order chi connectivity index (χ1) is 5.38. The standard InChI is InChI=1S/C4H3N3O4/c8-1-10-3-4(11-2-9)6-7-5-3/h1-2H,(H,5,6,7). The normalized spacial score (nSPS) is 8.73. The van der Waals surface area contributed by atoms with Gasteiger partial charge in [0.1, 0.15) is 0 Å². The largest absolute Gasteiger partial charge is 0.403 e. The van der Waals surface area contributed by atoms with Gasteiger partial charge < -0.3 is 9.47 Å². The van der Waals surface area contributed by atoms with Crippen LogP contribution < -0.4 is 9.47 Å². The first-order valence-corrected chi connectivity index (χ1v) is 2.50. The van der Waals surface area contributed by atoms with Crippen LogP contribution in [0, 0.1) is 0 Å². The summed E-state index contributed by atoms with van der Waals surface area (Å²) in [4.78, 5) is 19.6. The molecule has 0 fully saturated rings. The van der Waals surface area contributed by atoms with Gasteiger partial charge in [0, 0.05) is 0 Å². The summed E-state index contributed by atoms with van der Waals surface area (Å²) < 4.78 is 8.52. The molecule has 0 aliphatic heterocycles. The Morgan fingerprint density at radius 1 is 1.09 bits per heavy atom. The van der Waals surface area contributed by atoms with Gasteiger partial charge in [-0.3, -0.25) is 9.59 Å². The molecule has 1 rings (SSSR count). The zero-order valence-electron chi connectivity index (χ0n) is 5.18. The number of aromatic nitrogens is 3. The molecule has 0 aliphatic rings. The van der Waals surface area contributed by atoms with Crippen molar-refractivity contribution in [3.63, 3.8) is 0 Å². The van der Waals surface area contributed by atoms with E-state index in [1.165, 1.54) is 0 Å². The number of aromatic amines is 1. The molecule has 0 saturated heterocycles. The third-order valence-electron chi connectivity index (χ3n) is 0.806. The Hall–Kier alpha value is -1.92. The number of nitrogens with one attached hydrogen (secondary N) is 1. The van der Waals surface area contributed by atoms with Crippen molar-refractivity contribution < 1.29 is 19.1 Å². The van der Waals surface area contributed by atoms with Gasteiger partial charge in [-0.1, -0.05) is 0 Å². The van der Waals surface area contributed by atoms with Gasteiger partial charge in [0.2, 0.25) is 0 Å². The molecule has 0 amide bonds. The van der Waals surface area contributed by atoms with Gasteiger partial charge in [0.25, 0.3) is 12.9 Å². The minimum atomic E-state index is -0.174. The minimum Gasteiger partial charge on any atom is -0.403 e. The molecule has 0 unspecified atom stereocenters. The number of rotatable bonds is 4. The zero-order chi connectivity index (χ0) is 8.10. The number of hydrogen-bond acceptors (Lipinski definition) is 6. The van der Waals surface area contributed by atoms with Gasteiger partial charge in [0.05, 0.1) is 0 Å². The molecule has 1 aromatic rings. The molecular formula is C4H3N3O4. The van der Waals surface area contributed by atoms with Crippen molar-refractivity contribution in [2.75, 3.05) is 0 Å². The smallest absolute Gasteiger partial charge is 0.306 e. The van der Waals surface area contributed by atoms with Crippen LogP contribution in [0.2, 0.25) is 0 Å². The molecule has 11 heavy (non-hydrogen) atoms. The Kier molecular flexibility index (Phi) is 2.16. The lowest BCUT2D eigenvalue weighted by atomic mass is 10.8. The summed E-state index contributed by atoms with van der Waals surface area (Å²) in [5.74, 6) is -0.348. The van der Waals surface area contributed by atoms with Gasteiger partial charge in [0.15, 0.2) is 0 Å². The summed E-state index contributed by atoms with van der Waals surface area (Å²) in [5.41, 5.74) is 0. The van der Waals surface area contributed by atoms with Crippen molar-refractivity contribution in [3.8, 4) is 11.8 Å². The van der Waals surface area contributed by atoms with Crippen LogP contribution in [0.3, 0.4) is 0 Å². The number of H-pyrrole nitrogens is 1. The average Bonchev–Trinajstić information content (AvgIpc) is 2.39. The highest BCUT2D eigenvalue weighted by atomic mass is 16.6. The van der Waals surface area contributed by atoms with Crippen LogP contribution in [0.4, 0.5) is 0 Å². The fourth-order valence-electron chi connectivity index (χ4n) is 0.456. The fourth-order valence-corrected chi connectivity index (χ4v) is 0.456. The first kappa shape index (κ1) is 7.19. The molecule has 1 aromatic heterocycles. The van der Waals surface area contributed by atoms with Crippen LogP contribution in [0.25, 0.3) is 0 Å². The lowest BCUT2D eigenvalue weighted by molar-refractivity contribution is -0.123. The third-order valence-corrected chi connectivity index (χ3v) is 0.806. The van der Waals surface area contributed by atoms with Crippen LogP contribution in [0.1, 0.15) is 0 Å². The maximum atomic E-state index is 9.78. The number of hydrogen-bond donors (Lipinski definition) is 1. The molecule has 0 radical (unpaired) electrons. The van der Waals surface area contributed by atoms with E-state index in [9.17, 15) is 9.59 Å². The second-order valence-electron chi connectivity index (χ2n) is 1.36. The van der Waals surface area contributed by atoms with Gasteiger partial charge in [-0.2, -0.15) is 5.21 Å². The van der Waals surface area contributed by atoms with E-state index in [4.69, 9.17) is 0 Å². The maximum Gasteiger partial charge on any atom is 0.306 e. The van der Waals surface area contributed by atoms with E-state index in [0.717, 1.165) is 0 Å². The van der Waals surface area contributed by atoms with E-state index in [1.54, 1.807) is 0 Å². The van der Waals surface area contributed by atoms with Gasteiger partial charge in [-0.15, -0.1) is 10.2 Å². The van der Waals surface area contributed by atoms with Crippen molar-refractivity contribution >= 4 is 12.9 Å². The van der Waals surface area contributed by atoms with Crippen LogP contribution in [0.15, 0.2) is 0 Å². The quantitative estimate of drug-likeness (QED) is 0.556. The lowest BCUT2D eigenvalue weighted by Crippen LogP contribution is -1.94. The summed E-state index contributed by atoms with van der Waals surface area (Å²) in [5, 5.41) is 8.80. The molecule has 0 atom stereocenters. The second-order valence-corrected chi connectivity index (χ2v) is 1.36. The topological polar surface area (TPSA) is 94.2 Å². The van der Waals surface area contributed by atoms with E-state index >= 15 is 0 Å². The predicted molar refractivity (Wildman–Crippen MR) is 29.8 cm³/mol. The Bertz CT molecular complexity index is 233. The SMILES string of the molecule is O=COc1n[nH]nc1OC=O. The highest BCUT2D eigenvalue weighted by Crippen LogP contribution is 2.17. The summed E-state index contributed by atoms with van der Waals surface area (Å²) >= 11 is 0. The molecule has 0 aromatic carbocycles. The molecule has 7 nitrogen and oxygen atoms in total. The number of nitrogens with zero attached hydrogens (tertiary/aromatic N) is 2. The summed E-state index contributed by atoms with van der Waals surface area (Å²) in [6.07, 6.45) is 0. The summed E-state index contributed by atoms with van der Waals surface area (Å²) in [7, 11) is 0. The molecule has 0 bridgehead atoms. The minimum absolute atomic E-state index is 0.148. The zero-order valence-corrected chi connectivity index (χ0v) is 5.18. The molecule has 7 heteroatoms.